The van der Waals surface area contributed by atoms with Crippen molar-refractivity contribution >= 4 is 17.8 Å². The summed E-state index contributed by atoms with van der Waals surface area (Å²) < 4.78 is 16.0. The summed E-state index contributed by atoms with van der Waals surface area (Å²) in [6, 6.07) is 15.9. The van der Waals surface area contributed by atoms with E-state index in [-0.39, 0.29) is 19.4 Å². The molecule has 0 saturated heterocycles. The van der Waals surface area contributed by atoms with Crippen LogP contribution in [0.1, 0.15) is 39.9 Å². The number of ether oxygens (including phenoxy) is 3. The molecule has 4 rings (SSSR count). The number of carbonyl (C=O) groups is 3. The minimum atomic E-state index is -1.10. The molecule has 9 nitrogen and oxygen atoms in total. The van der Waals surface area contributed by atoms with E-state index in [1.807, 2.05) is 18.2 Å². The Hall–Kier alpha value is -4.37. The third-order valence-electron chi connectivity index (χ3n) is 6.54. The molecule has 0 saturated carbocycles. The molecule has 0 aliphatic heterocycles. The molecule has 0 unspecified atom stereocenters. The van der Waals surface area contributed by atoms with E-state index in [4.69, 9.17) is 14.2 Å². The van der Waals surface area contributed by atoms with E-state index in [0.717, 1.165) is 23.1 Å². The number of carboxylic acids is 1. The van der Waals surface area contributed by atoms with Crippen LogP contribution in [0, 0.1) is 0 Å². The van der Waals surface area contributed by atoms with E-state index < -0.39 is 23.8 Å². The Morgan fingerprint density at radius 2 is 1.58 bits per heavy atom. The number of methoxy groups -OCH3 is 3. The summed E-state index contributed by atoms with van der Waals surface area (Å²) in [5.41, 5.74) is 5.59. The number of hydrogen-bond acceptors (Lipinski definition) is 7. The van der Waals surface area contributed by atoms with Crippen molar-refractivity contribution < 1.29 is 33.7 Å². The average molecular weight is 519 g/mol. The molecule has 0 spiro atoms. The first-order chi connectivity index (χ1) is 18.3. The number of hydrogen-bond donors (Lipinski definition) is 3. The Balaban J connectivity index is 1.33. The summed E-state index contributed by atoms with van der Waals surface area (Å²) in [5.74, 6) is -0.823. The highest BCUT2D eigenvalue weighted by Crippen LogP contribution is 2.38. The standard InChI is InChI=1S/C29H30N2O7/c1-36-24-12-17(13-25(37-2)27(24)38-3)16-30-23(29(34)35)10-11-26(32)31-28(33)19-8-9-22-20(15-19)14-18-6-4-5-7-21(18)22/h4-9,12-13,15,23,30H,10-11,14,16H2,1-3H3,(H,34,35)(H,31,32,33)/t23-/m0/s1. The molecular formula is C29H30N2O7. The second kappa shape index (κ2) is 11.8. The van der Waals surface area contributed by atoms with Crippen LogP contribution >= 0.6 is 0 Å². The second-order valence-electron chi connectivity index (χ2n) is 8.93. The number of nitrogens with one attached hydrogen (secondary N) is 2. The molecule has 0 bridgehead atoms. The molecule has 3 aromatic carbocycles. The highest BCUT2D eigenvalue weighted by molar-refractivity contribution is 6.05. The molecule has 198 valence electrons. The van der Waals surface area contributed by atoms with Gasteiger partial charge in [0.15, 0.2) is 11.5 Å². The van der Waals surface area contributed by atoms with Crippen LogP contribution in [0.5, 0.6) is 17.2 Å². The highest BCUT2D eigenvalue weighted by Gasteiger charge is 2.22. The van der Waals surface area contributed by atoms with Crippen LogP contribution in [0.3, 0.4) is 0 Å². The monoisotopic (exact) mass is 518 g/mol. The number of amides is 2. The number of carbonyl (C=O) groups excluding carboxylic acids is 2. The highest BCUT2D eigenvalue weighted by atomic mass is 16.5. The molecule has 0 fully saturated rings. The first-order valence-electron chi connectivity index (χ1n) is 12.1. The van der Waals surface area contributed by atoms with Gasteiger partial charge in [0.2, 0.25) is 11.7 Å². The smallest absolute Gasteiger partial charge is 0.320 e. The van der Waals surface area contributed by atoms with Crippen molar-refractivity contribution in [2.24, 2.45) is 0 Å². The second-order valence-corrected chi connectivity index (χ2v) is 8.93. The zero-order chi connectivity index (χ0) is 27.2. The fourth-order valence-corrected chi connectivity index (χ4v) is 4.61. The van der Waals surface area contributed by atoms with Crippen molar-refractivity contribution in [2.45, 2.75) is 31.8 Å². The molecule has 1 atom stereocenters. The van der Waals surface area contributed by atoms with Crippen molar-refractivity contribution in [1.82, 2.24) is 10.6 Å². The lowest BCUT2D eigenvalue weighted by Gasteiger charge is -2.17. The van der Waals surface area contributed by atoms with Crippen LogP contribution in [0.4, 0.5) is 0 Å². The molecule has 1 aliphatic carbocycles. The maximum Gasteiger partial charge on any atom is 0.320 e. The molecule has 3 N–H and O–H groups in total. The minimum Gasteiger partial charge on any atom is -0.493 e. The van der Waals surface area contributed by atoms with E-state index in [1.165, 1.54) is 26.9 Å². The first-order valence-corrected chi connectivity index (χ1v) is 12.1. The van der Waals surface area contributed by atoms with E-state index in [0.29, 0.717) is 28.4 Å². The summed E-state index contributed by atoms with van der Waals surface area (Å²) in [4.78, 5) is 37.0. The van der Waals surface area contributed by atoms with Gasteiger partial charge < -0.3 is 24.6 Å². The first kappa shape index (κ1) is 26.7. The van der Waals surface area contributed by atoms with Gasteiger partial charge >= 0.3 is 5.97 Å². The van der Waals surface area contributed by atoms with Crippen LogP contribution in [0.25, 0.3) is 11.1 Å². The van der Waals surface area contributed by atoms with Crippen LogP contribution in [0.15, 0.2) is 54.6 Å². The molecule has 1 aliphatic rings. The van der Waals surface area contributed by atoms with Crippen molar-refractivity contribution in [2.75, 3.05) is 21.3 Å². The van der Waals surface area contributed by atoms with Gasteiger partial charge in [-0.1, -0.05) is 30.3 Å². The maximum atomic E-state index is 12.7. The number of aliphatic carboxylic acids is 1. The van der Waals surface area contributed by atoms with Gasteiger partial charge in [0.25, 0.3) is 5.91 Å². The van der Waals surface area contributed by atoms with Crippen LogP contribution in [-0.2, 0) is 22.6 Å². The predicted octanol–water partition coefficient (Wildman–Crippen LogP) is 3.56. The van der Waals surface area contributed by atoms with E-state index in [1.54, 1.807) is 24.3 Å². The lowest BCUT2D eigenvalue weighted by atomic mass is 10.0. The quantitative estimate of drug-likeness (QED) is 0.275. The normalized spacial score (nSPS) is 12.2. The minimum absolute atomic E-state index is 0.00162. The Kier molecular flexibility index (Phi) is 8.28. The largest absolute Gasteiger partial charge is 0.493 e. The fourth-order valence-electron chi connectivity index (χ4n) is 4.61. The van der Waals surface area contributed by atoms with Gasteiger partial charge in [-0.3, -0.25) is 19.7 Å². The van der Waals surface area contributed by atoms with Crippen LogP contribution in [0.2, 0.25) is 0 Å². The molecule has 0 aromatic heterocycles. The zero-order valence-corrected chi connectivity index (χ0v) is 21.5. The molecule has 0 radical (unpaired) electrons. The van der Waals surface area contributed by atoms with Crippen molar-refractivity contribution in [3.63, 3.8) is 0 Å². The number of rotatable bonds is 11. The maximum absolute atomic E-state index is 12.7. The average Bonchev–Trinajstić information content (AvgIpc) is 3.29. The summed E-state index contributed by atoms with van der Waals surface area (Å²) in [5, 5.41) is 15.0. The summed E-state index contributed by atoms with van der Waals surface area (Å²) in [6.45, 7) is 0.186. The van der Waals surface area contributed by atoms with Gasteiger partial charge in [-0.15, -0.1) is 0 Å². The van der Waals surface area contributed by atoms with Gasteiger partial charge in [0.05, 0.1) is 21.3 Å². The Bertz CT molecular complexity index is 1340. The summed E-state index contributed by atoms with van der Waals surface area (Å²) >= 11 is 0. The van der Waals surface area contributed by atoms with Gasteiger partial charge in [-0.25, -0.2) is 0 Å². The number of fused-ring (bicyclic) bond motifs is 3. The van der Waals surface area contributed by atoms with E-state index >= 15 is 0 Å². The fraction of sp³-hybridized carbons (Fsp3) is 0.276. The van der Waals surface area contributed by atoms with Gasteiger partial charge in [-0.05, 0) is 64.9 Å². The topological polar surface area (TPSA) is 123 Å². The molecule has 2 amide bonds. The zero-order valence-electron chi connectivity index (χ0n) is 21.5. The third kappa shape index (κ3) is 5.78. The van der Waals surface area contributed by atoms with E-state index in [2.05, 4.69) is 22.8 Å². The molecule has 9 heteroatoms. The lowest BCUT2D eigenvalue weighted by Crippen LogP contribution is -2.38. The summed E-state index contributed by atoms with van der Waals surface area (Å²) in [7, 11) is 4.49. The van der Waals surface area contributed by atoms with E-state index in [9.17, 15) is 19.5 Å². The summed E-state index contributed by atoms with van der Waals surface area (Å²) in [6.07, 6.45) is 0.595. The van der Waals surface area contributed by atoms with Gasteiger partial charge in [0.1, 0.15) is 6.04 Å². The Morgan fingerprint density at radius 1 is 0.895 bits per heavy atom. The van der Waals surface area contributed by atoms with Gasteiger partial charge in [0, 0.05) is 18.5 Å². The molecule has 3 aromatic rings. The van der Waals surface area contributed by atoms with Crippen LogP contribution < -0.4 is 24.8 Å². The molecule has 0 heterocycles. The Labute approximate surface area is 220 Å². The lowest BCUT2D eigenvalue weighted by molar-refractivity contribution is -0.139. The Morgan fingerprint density at radius 3 is 2.24 bits per heavy atom. The number of imide groups is 1. The van der Waals surface area contributed by atoms with Gasteiger partial charge in [-0.2, -0.15) is 0 Å². The van der Waals surface area contributed by atoms with Crippen molar-refractivity contribution in [3.8, 4) is 28.4 Å². The molecule has 38 heavy (non-hydrogen) atoms. The molecular weight excluding hydrogens is 488 g/mol. The van der Waals surface area contributed by atoms with Crippen LogP contribution in [-0.4, -0.2) is 50.3 Å². The third-order valence-corrected chi connectivity index (χ3v) is 6.54. The predicted molar refractivity (Wildman–Crippen MR) is 141 cm³/mol. The van der Waals surface area contributed by atoms with Crippen molar-refractivity contribution in [1.29, 1.82) is 0 Å². The number of benzene rings is 3. The van der Waals surface area contributed by atoms with Crippen molar-refractivity contribution in [3.05, 3.63) is 76.9 Å². The number of carboxylic acid groups (broad SMARTS) is 1. The SMILES string of the molecule is COc1cc(CN[C@@H](CCC(=O)NC(=O)c2ccc3c(c2)Cc2ccccc2-3)C(=O)O)cc(OC)c1OC.